The van der Waals surface area contributed by atoms with Crippen molar-refractivity contribution in [1.82, 2.24) is 14.9 Å². The molecular formula is C25H27N3O2. The lowest BCUT2D eigenvalue weighted by atomic mass is 10.1. The molecule has 5 nitrogen and oxygen atoms in total. The highest BCUT2D eigenvalue weighted by Gasteiger charge is 2.22. The summed E-state index contributed by atoms with van der Waals surface area (Å²) >= 11 is 0. The monoisotopic (exact) mass is 401 g/mol. The molecule has 4 rings (SSSR count). The third-order valence-corrected chi connectivity index (χ3v) is 5.31. The van der Waals surface area contributed by atoms with E-state index in [0.717, 1.165) is 42.0 Å². The second-order valence-electron chi connectivity index (χ2n) is 7.63. The largest absolute Gasteiger partial charge is 0.491 e. The van der Waals surface area contributed by atoms with E-state index >= 15 is 0 Å². The van der Waals surface area contributed by atoms with Crippen LogP contribution in [0.4, 0.5) is 0 Å². The number of nitrogens with zero attached hydrogens (tertiary/aromatic N) is 2. The van der Waals surface area contributed by atoms with Crippen LogP contribution in [0.5, 0.6) is 5.75 Å². The fourth-order valence-electron chi connectivity index (χ4n) is 3.83. The molecule has 1 amide bonds. The lowest BCUT2D eigenvalue weighted by Crippen LogP contribution is -2.25. The van der Waals surface area contributed by atoms with E-state index in [9.17, 15) is 4.79 Å². The molecule has 5 heteroatoms. The minimum absolute atomic E-state index is 0.0814. The number of nitrogens with one attached hydrogen (secondary N) is 1. The number of fused-ring (bicyclic) bond motifs is 1. The van der Waals surface area contributed by atoms with Gasteiger partial charge in [0.15, 0.2) is 0 Å². The molecule has 1 aromatic heterocycles. The van der Waals surface area contributed by atoms with Crippen molar-refractivity contribution in [2.24, 2.45) is 0 Å². The lowest BCUT2D eigenvalue weighted by molar-refractivity contribution is -0.117. The van der Waals surface area contributed by atoms with E-state index in [2.05, 4.69) is 35.4 Å². The molecule has 1 unspecified atom stereocenters. The van der Waals surface area contributed by atoms with Crippen LogP contribution < -0.4 is 10.1 Å². The summed E-state index contributed by atoms with van der Waals surface area (Å²) < 4.78 is 7.92. The first kappa shape index (κ1) is 20.0. The van der Waals surface area contributed by atoms with Gasteiger partial charge in [0.25, 0.3) is 0 Å². The van der Waals surface area contributed by atoms with Gasteiger partial charge in [0.05, 0.1) is 30.4 Å². The van der Waals surface area contributed by atoms with Crippen molar-refractivity contribution < 1.29 is 9.53 Å². The van der Waals surface area contributed by atoms with Crippen LogP contribution in [0.2, 0.25) is 0 Å². The minimum Gasteiger partial charge on any atom is -0.491 e. The molecule has 0 saturated carbocycles. The Morgan fingerprint density at radius 1 is 1.30 bits per heavy atom. The van der Waals surface area contributed by atoms with Gasteiger partial charge in [0.2, 0.25) is 5.91 Å². The third-order valence-electron chi connectivity index (χ3n) is 5.31. The van der Waals surface area contributed by atoms with E-state index in [-0.39, 0.29) is 11.9 Å². The summed E-state index contributed by atoms with van der Waals surface area (Å²) in [4.78, 5) is 16.8. The third kappa shape index (κ3) is 4.46. The summed E-state index contributed by atoms with van der Waals surface area (Å²) in [6.45, 7) is 4.67. The Labute approximate surface area is 177 Å². The summed E-state index contributed by atoms with van der Waals surface area (Å²) in [6, 6.07) is 14.4. The number of amides is 1. The molecule has 2 aromatic carbocycles. The van der Waals surface area contributed by atoms with Crippen LogP contribution in [-0.2, 0) is 11.2 Å². The molecule has 1 aliphatic rings. The van der Waals surface area contributed by atoms with Crippen molar-refractivity contribution in [3.63, 3.8) is 0 Å². The summed E-state index contributed by atoms with van der Waals surface area (Å²) in [5, 5.41) is 3.12. The van der Waals surface area contributed by atoms with Gasteiger partial charge in [-0.15, -0.1) is 0 Å². The molecule has 0 fully saturated rings. The number of imidazole rings is 1. The van der Waals surface area contributed by atoms with Crippen LogP contribution in [0.1, 0.15) is 48.2 Å². The molecule has 1 atom stereocenters. The predicted molar refractivity (Wildman–Crippen MR) is 119 cm³/mol. The van der Waals surface area contributed by atoms with E-state index in [4.69, 9.17) is 4.74 Å². The maximum Gasteiger partial charge on any atom is 0.244 e. The minimum atomic E-state index is -0.0814. The number of carbonyl (C=O) groups is 1. The highest BCUT2D eigenvalue weighted by atomic mass is 16.5. The Kier molecular flexibility index (Phi) is 5.98. The quantitative estimate of drug-likeness (QED) is 0.579. The molecule has 0 saturated heterocycles. The molecule has 30 heavy (non-hydrogen) atoms. The molecule has 1 aliphatic carbocycles. The van der Waals surface area contributed by atoms with Gasteiger partial charge in [-0.05, 0) is 61.1 Å². The van der Waals surface area contributed by atoms with Crippen LogP contribution in [0.3, 0.4) is 0 Å². The molecule has 154 valence electrons. The fraction of sp³-hybridized carbons (Fsp3) is 0.280. The Morgan fingerprint density at radius 2 is 2.17 bits per heavy atom. The molecular weight excluding hydrogens is 374 g/mol. The first-order valence-corrected chi connectivity index (χ1v) is 10.5. The van der Waals surface area contributed by atoms with Crippen molar-refractivity contribution in [3.8, 4) is 11.4 Å². The van der Waals surface area contributed by atoms with Crippen LogP contribution in [-0.4, -0.2) is 22.1 Å². The van der Waals surface area contributed by atoms with Crippen LogP contribution in [0, 0.1) is 6.92 Å². The number of aryl methyl sites for hydroxylation is 2. The zero-order chi connectivity index (χ0) is 20.9. The standard InChI is InChI=1S/C25H27N3O2/c1-3-14-30-24-15-19(8-12-23(24)28-16-18(2)26-17-28)9-13-25(29)27-22-11-10-20-6-4-5-7-21(20)22/h4-9,12-13,15-17,22H,3,10-11,14H2,1-2H3,(H,27,29)/b13-9+. The van der Waals surface area contributed by atoms with Crippen molar-refractivity contribution >= 4 is 12.0 Å². The highest BCUT2D eigenvalue weighted by molar-refractivity contribution is 5.92. The van der Waals surface area contributed by atoms with Gasteiger partial charge in [0.1, 0.15) is 5.75 Å². The number of hydrogen-bond acceptors (Lipinski definition) is 3. The molecule has 0 spiro atoms. The van der Waals surface area contributed by atoms with Crippen molar-refractivity contribution in [2.75, 3.05) is 6.61 Å². The number of hydrogen-bond donors (Lipinski definition) is 1. The summed E-state index contributed by atoms with van der Waals surface area (Å²) in [6.07, 6.45) is 10.1. The van der Waals surface area contributed by atoms with Crippen molar-refractivity contribution in [2.45, 2.75) is 39.2 Å². The maximum absolute atomic E-state index is 12.5. The number of carbonyl (C=O) groups excluding carboxylic acids is 1. The number of rotatable bonds is 7. The second-order valence-corrected chi connectivity index (χ2v) is 7.63. The van der Waals surface area contributed by atoms with E-state index in [1.54, 1.807) is 12.4 Å². The molecule has 0 bridgehead atoms. The van der Waals surface area contributed by atoms with Gasteiger partial charge in [-0.3, -0.25) is 4.79 Å². The Hall–Kier alpha value is -3.34. The normalized spacial score (nSPS) is 15.3. The van der Waals surface area contributed by atoms with Gasteiger partial charge in [-0.2, -0.15) is 0 Å². The molecule has 1 N–H and O–H groups in total. The molecule has 0 aliphatic heterocycles. The smallest absolute Gasteiger partial charge is 0.244 e. The molecule has 3 aromatic rings. The Bertz CT molecular complexity index is 1070. The zero-order valence-electron chi connectivity index (χ0n) is 17.5. The Balaban J connectivity index is 1.48. The summed E-state index contributed by atoms with van der Waals surface area (Å²) in [7, 11) is 0. The van der Waals surface area contributed by atoms with E-state index in [1.165, 1.54) is 11.1 Å². The number of benzene rings is 2. The topological polar surface area (TPSA) is 56.1 Å². The summed E-state index contributed by atoms with van der Waals surface area (Å²) in [5.74, 6) is 0.698. The Morgan fingerprint density at radius 3 is 2.97 bits per heavy atom. The first-order chi connectivity index (χ1) is 14.6. The van der Waals surface area contributed by atoms with Gasteiger partial charge in [0, 0.05) is 12.3 Å². The fourth-order valence-corrected chi connectivity index (χ4v) is 3.83. The first-order valence-electron chi connectivity index (χ1n) is 10.5. The molecule has 1 heterocycles. The second kappa shape index (κ2) is 8.99. The zero-order valence-corrected chi connectivity index (χ0v) is 17.5. The summed E-state index contributed by atoms with van der Waals surface area (Å²) in [5.41, 5.74) is 5.37. The average molecular weight is 402 g/mol. The predicted octanol–water partition coefficient (Wildman–Crippen LogP) is 4.79. The highest BCUT2D eigenvalue weighted by Crippen LogP contribution is 2.30. The van der Waals surface area contributed by atoms with Gasteiger partial charge < -0.3 is 14.6 Å². The van der Waals surface area contributed by atoms with Crippen molar-refractivity contribution in [3.05, 3.63) is 83.4 Å². The maximum atomic E-state index is 12.5. The van der Waals surface area contributed by atoms with E-state index in [0.29, 0.717) is 6.61 Å². The average Bonchev–Trinajstić information content (AvgIpc) is 3.37. The van der Waals surface area contributed by atoms with E-state index in [1.807, 2.05) is 48.0 Å². The number of aromatic nitrogens is 2. The van der Waals surface area contributed by atoms with Gasteiger partial charge in [-0.1, -0.05) is 37.3 Å². The van der Waals surface area contributed by atoms with Crippen LogP contribution in [0.15, 0.2) is 61.1 Å². The van der Waals surface area contributed by atoms with Crippen LogP contribution >= 0.6 is 0 Å². The van der Waals surface area contributed by atoms with Gasteiger partial charge >= 0.3 is 0 Å². The lowest BCUT2D eigenvalue weighted by Gasteiger charge is -2.13. The SMILES string of the molecule is CCCOc1cc(/C=C/C(=O)NC2CCc3ccccc32)ccc1-n1cnc(C)c1. The van der Waals surface area contributed by atoms with Gasteiger partial charge in [-0.25, -0.2) is 4.98 Å². The van der Waals surface area contributed by atoms with Crippen LogP contribution in [0.25, 0.3) is 11.8 Å². The molecule has 0 radical (unpaired) electrons. The van der Waals surface area contributed by atoms with E-state index < -0.39 is 0 Å². The van der Waals surface area contributed by atoms with Crippen molar-refractivity contribution in [1.29, 1.82) is 0 Å². The number of ether oxygens (including phenoxy) is 1.